The summed E-state index contributed by atoms with van der Waals surface area (Å²) in [5.74, 6) is -8.20. The van der Waals surface area contributed by atoms with Crippen LogP contribution in [0.3, 0.4) is 0 Å². The van der Waals surface area contributed by atoms with Crippen LogP contribution in [0.5, 0.6) is 5.75 Å². The maximum Gasteiger partial charge on any atom is 0.335 e. The lowest BCUT2D eigenvalue weighted by Gasteiger charge is -2.44. The van der Waals surface area contributed by atoms with E-state index in [1.54, 1.807) is 0 Å². The summed E-state index contributed by atoms with van der Waals surface area (Å²) in [5, 5.41) is 37.3. The molecule has 1 fully saturated rings. The Balaban J connectivity index is 2.51. The third-order valence-corrected chi connectivity index (χ3v) is 5.28. The van der Waals surface area contributed by atoms with Crippen molar-refractivity contribution in [3.63, 3.8) is 0 Å². The van der Waals surface area contributed by atoms with Crippen molar-refractivity contribution in [2.45, 2.75) is 38.3 Å². The van der Waals surface area contributed by atoms with Gasteiger partial charge in [-0.3, -0.25) is 14.4 Å². The van der Waals surface area contributed by atoms with Crippen molar-refractivity contribution in [3.8, 4) is 5.75 Å². The number of aliphatic carboxylic acids is 3. The summed E-state index contributed by atoms with van der Waals surface area (Å²) < 4.78 is 16.1. The van der Waals surface area contributed by atoms with Crippen LogP contribution >= 0.6 is 0 Å². The zero-order chi connectivity index (χ0) is 24.0. The Morgan fingerprint density at radius 1 is 0.969 bits per heavy atom. The molecular formula is C20H25NO11. The number of hydrogen-bond acceptors (Lipinski definition) is 9. The van der Waals surface area contributed by atoms with E-state index in [1.807, 2.05) is 0 Å². The van der Waals surface area contributed by atoms with Gasteiger partial charge in [0.1, 0.15) is 5.75 Å². The zero-order valence-electron chi connectivity index (χ0n) is 17.2. The second kappa shape index (κ2) is 10.8. The molecule has 0 bridgehead atoms. The van der Waals surface area contributed by atoms with Crippen LogP contribution < -0.4 is 10.5 Å². The highest BCUT2D eigenvalue weighted by Crippen LogP contribution is 2.43. The van der Waals surface area contributed by atoms with Crippen LogP contribution in [0.1, 0.15) is 24.8 Å². The topological polar surface area (TPSA) is 203 Å². The summed E-state index contributed by atoms with van der Waals surface area (Å²) in [6, 6.07) is 4.33. The van der Waals surface area contributed by atoms with Crippen molar-refractivity contribution in [2.75, 3.05) is 12.8 Å². The minimum atomic E-state index is -1.51. The standard InChI is InChI=1S/C20H25NO11/c1-30-19(29)18-11(6-16(25)26)10(5-15(23)24)12(7-17(27)28)20(32-18)31-14-3-2-9(8-22)4-13(14)21/h2-4,10-12,18,20,22H,5-8,21H2,1H3,(H,23,24)(H,25,26)(H,27,28)/t10-,11-,12+,18-,20+/m0/s1. The lowest BCUT2D eigenvalue weighted by Crippen LogP contribution is -2.54. The summed E-state index contributed by atoms with van der Waals surface area (Å²) in [6.07, 6.45) is -4.82. The molecule has 0 spiro atoms. The van der Waals surface area contributed by atoms with Crippen molar-refractivity contribution in [3.05, 3.63) is 23.8 Å². The molecule has 0 radical (unpaired) electrons. The molecule has 32 heavy (non-hydrogen) atoms. The number of nitrogen functional groups attached to an aromatic ring is 1. The Morgan fingerprint density at radius 3 is 2.03 bits per heavy atom. The van der Waals surface area contributed by atoms with E-state index < -0.39 is 73.3 Å². The molecule has 0 saturated carbocycles. The van der Waals surface area contributed by atoms with Crippen molar-refractivity contribution in [1.29, 1.82) is 0 Å². The number of nitrogens with two attached hydrogens (primary N) is 1. The molecule has 1 saturated heterocycles. The molecule has 1 aliphatic rings. The first-order valence-corrected chi connectivity index (χ1v) is 9.61. The van der Waals surface area contributed by atoms with Crippen molar-refractivity contribution in [2.24, 2.45) is 17.8 Å². The number of aliphatic hydroxyl groups is 1. The molecule has 5 atom stereocenters. The first-order chi connectivity index (χ1) is 15.1. The number of carbonyl (C=O) groups excluding carboxylic acids is 1. The molecule has 6 N–H and O–H groups in total. The smallest absolute Gasteiger partial charge is 0.335 e. The number of esters is 1. The second-order valence-electron chi connectivity index (χ2n) is 7.38. The second-order valence-corrected chi connectivity index (χ2v) is 7.38. The van der Waals surface area contributed by atoms with Crippen molar-refractivity contribution >= 4 is 29.6 Å². The molecule has 0 aromatic heterocycles. The molecule has 0 unspecified atom stereocenters. The third kappa shape index (κ3) is 6.08. The summed E-state index contributed by atoms with van der Waals surface area (Å²) in [6.45, 7) is -0.284. The molecule has 1 heterocycles. The van der Waals surface area contributed by atoms with Crippen LogP contribution in [0.4, 0.5) is 5.69 Å². The number of benzene rings is 1. The molecular weight excluding hydrogens is 430 g/mol. The van der Waals surface area contributed by atoms with E-state index in [0.717, 1.165) is 7.11 Å². The molecule has 176 valence electrons. The molecule has 1 aromatic rings. The number of hydrogen-bond donors (Lipinski definition) is 5. The zero-order valence-corrected chi connectivity index (χ0v) is 17.2. The number of carboxylic acids is 3. The number of anilines is 1. The Morgan fingerprint density at radius 2 is 1.53 bits per heavy atom. The van der Waals surface area contributed by atoms with Crippen LogP contribution in [0.25, 0.3) is 0 Å². The Labute approximate surface area is 182 Å². The van der Waals surface area contributed by atoms with Crippen molar-refractivity contribution < 1.29 is 53.8 Å². The molecule has 0 aliphatic carbocycles. The van der Waals surface area contributed by atoms with Gasteiger partial charge < -0.3 is 40.4 Å². The summed E-state index contributed by atoms with van der Waals surface area (Å²) in [7, 11) is 1.06. The van der Waals surface area contributed by atoms with Gasteiger partial charge in [-0.05, 0) is 23.6 Å². The van der Waals surface area contributed by atoms with Crippen LogP contribution in [0.2, 0.25) is 0 Å². The average Bonchev–Trinajstić information content (AvgIpc) is 2.71. The Kier molecular flexibility index (Phi) is 8.38. The minimum absolute atomic E-state index is 0.0527. The van der Waals surface area contributed by atoms with Gasteiger partial charge in [-0.2, -0.15) is 0 Å². The summed E-state index contributed by atoms with van der Waals surface area (Å²) in [4.78, 5) is 46.8. The highest BCUT2D eigenvalue weighted by atomic mass is 16.7. The highest BCUT2D eigenvalue weighted by molar-refractivity contribution is 5.77. The average molecular weight is 455 g/mol. The van der Waals surface area contributed by atoms with E-state index in [0.29, 0.717) is 5.56 Å². The molecule has 1 aromatic carbocycles. The molecule has 12 nitrogen and oxygen atoms in total. The predicted octanol–water partition coefficient (Wildman–Crippen LogP) is 0.311. The van der Waals surface area contributed by atoms with Gasteiger partial charge in [0.15, 0.2) is 6.10 Å². The monoisotopic (exact) mass is 455 g/mol. The quantitative estimate of drug-likeness (QED) is 0.239. The van der Waals surface area contributed by atoms with Gasteiger partial charge >= 0.3 is 23.9 Å². The maximum absolute atomic E-state index is 12.4. The first-order valence-electron chi connectivity index (χ1n) is 9.61. The van der Waals surface area contributed by atoms with E-state index in [1.165, 1.54) is 18.2 Å². The van der Waals surface area contributed by atoms with E-state index in [2.05, 4.69) is 0 Å². The van der Waals surface area contributed by atoms with E-state index in [9.17, 15) is 39.6 Å². The van der Waals surface area contributed by atoms with Gasteiger partial charge in [-0.25, -0.2) is 4.79 Å². The number of carboxylic acid groups (broad SMARTS) is 3. The molecule has 2 rings (SSSR count). The number of carbonyl (C=O) groups is 4. The molecule has 12 heteroatoms. The van der Waals surface area contributed by atoms with Crippen LogP contribution in [-0.2, 0) is 35.3 Å². The Hall–Kier alpha value is -3.38. The summed E-state index contributed by atoms with van der Waals surface area (Å²) in [5.41, 5.74) is 6.49. The maximum atomic E-state index is 12.4. The van der Waals surface area contributed by atoms with E-state index in [-0.39, 0.29) is 18.0 Å². The lowest BCUT2D eigenvalue weighted by atomic mass is 9.71. The van der Waals surface area contributed by atoms with Crippen LogP contribution in [-0.4, -0.2) is 63.8 Å². The lowest BCUT2D eigenvalue weighted by molar-refractivity contribution is -0.233. The van der Waals surface area contributed by atoms with Gasteiger partial charge in [-0.15, -0.1) is 0 Å². The fraction of sp³-hybridized carbons (Fsp3) is 0.500. The first kappa shape index (κ1) is 24.9. The van der Waals surface area contributed by atoms with E-state index in [4.69, 9.17) is 19.9 Å². The molecule has 1 aliphatic heterocycles. The third-order valence-electron chi connectivity index (χ3n) is 5.28. The van der Waals surface area contributed by atoms with Crippen LogP contribution in [0.15, 0.2) is 18.2 Å². The minimum Gasteiger partial charge on any atom is -0.481 e. The number of aliphatic hydroxyl groups excluding tert-OH is 1. The largest absolute Gasteiger partial charge is 0.481 e. The van der Waals surface area contributed by atoms with Crippen LogP contribution in [0, 0.1) is 17.8 Å². The predicted molar refractivity (Wildman–Crippen MR) is 105 cm³/mol. The SMILES string of the molecule is COC(=O)[C@H]1O[C@@H](Oc2ccc(CO)cc2N)[C@H](CC(=O)O)[C@@H](CC(=O)O)[C@@H]1CC(=O)O. The summed E-state index contributed by atoms with van der Waals surface area (Å²) >= 11 is 0. The Bertz CT molecular complexity index is 871. The van der Waals surface area contributed by atoms with Gasteiger partial charge in [-0.1, -0.05) is 6.07 Å². The van der Waals surface area contributed by atoms with Crippen molar-refractivity contribution in [1.82, 2.24) is 0 Å². The number of ether oxygens (including phenoxy) is 3. The number of methoxy groups -OCH3 is 1. The van der Waals surface area contributed by atoms with Gasteiger partial charge in [0.2, 0.25) is 6.29 Å². The molecule has 0 amide bonds. The number of rotatable bonds is 10. The van der Waals surface area contributed by atoms with Gasteiger partial charge in [0.05, 0.1) is 32.2 Å². The van der Waals surface area contributed by atoms with Gasteiger partial charge in [0.25, 0.3) is 0 Å². The fourth-order valence-corrected chi connectivity index (χ4v) is 3.89. The fourth-order valence-electron chi connectivity index (χ4n) is 3.89. The normalized spacial score (nSPS) is 25.0. The van der Waals surface area contributed by atoms with Gasteiger partial charge in [0, 0.05) is 18.3 Å². The van der Waals surface area contributed by atoms with E-state index >= 15 is 0 Å². The highest BCUT2D eigenvalue weighted by Gasteiger charge is 2.51.